The molecule has 5 nitrogen and oxygen atoms in total. The van der Waals surface area contributed by atoms with Gasteiger partial charge in [-0.3, -0.25) is 9.59 Å². The highest BCUT2D eigenvalue weighted by Gasteiger charge is 2.15. The van der Waals surface area contributed by atoms with Crippen molar-refractivity contribution in [2.45, 2.75) is 25.8 Å². The van der Waals surface area contributed by atoms with Gasteiger partial charge in [0.15, 0.2) is 0 Å². The lowest BCUT2D eigenvalue weighted by Crippen LogP contribution is -2.36. The van der Waals surface area contributed by atoms with Crippen molar-refractivity contribution in [1.82, 2.24) is 10.3 Å². The van der Waals surface area contributed by atoms with Crippen LogP contribution in [-0.4, -0.2) is 28.0 Å². The predicted molar refractivity (Wildman–Crippen MR) is 63.0 cm³/mol. The zero-order valence-electron chi connectivity index (χ0n) is 9.31. The Morgan fingerprint density at radius 2 is 2.29 bits per heavy atom. The van der Waals surface area contributed by atoms with Crippen LogP contribution in [0, 0.1) is 0 Å². The van der Waals surface area contributed by atoms with Crippen LogP contribution in [0.5, 0.6) is 0 Å². The Labute approximate surface area is 104 Å². The maximum atomic E-state index is 11.8. The number of carboxylic acid groups (broad SMARTS) is 1. The zero-order valence-corrected chi connectivity index (χ0v) is 10.1. The second-order valence-corrected chi connectivity index (χ2v) is 3.93. The third-order valence-corrected chi connectivity index (χ3v) is 2.44. The number of nitrogens with zero attached hydrogens (tertiary/aromatic N) is 1. The molecule has 0 saturated heterocycles. The molecule has 1 unspecified atom stereocenters. The van der Waals surface area contributed by atoms with Crippen LogP contribution in [0.2, 0.25) is 5.15 Å². The van der Waals surface area contributed by atoms with Gasteiger partial charge in [-0.25, -0.2) is 4.98 Å². The molecule has 0 aliphatic rings. The second kappa shape index (κ2) is 6.20. The highest BCUT2D eigenvalue weighted by Crippen LogP contribution is 2.08. The number of aromatic nitrogens is 1. The molecule has 0 saturated carbocycles. The molecule has 0 aliphatic carbocycles. The molecule has 0 fully saturated rings. The Hall–Kier alpha value is -1.62. The smallest absolute Gasteiger partial charge is 0.305 e. The van der Waals surface area contributed by atoms with Gasteiger partial charge in [0.05, 0.1) is 6.42 Å². The van der Waals surface area contributed by atoms with Crippen molar-refractivity contribution in [3.05, 3.63) is 29.0 Å². The summed E-state index contributed by atoms with van der Waals surface area (Å²) in [6, 6.07) is 2.57. The van der Waals surface area contributed by atoms with E-state index in [1.807, 2.05) is 6.92 Å². The summed E-state index contributed by atoms with van der Waals surface area (Å²) in [6.45, 7) is 1.81. The van der Waals surface area contributed by atoms with Gasteiger partial charge in [-0.05, 0) is 18.6 Å². The Balaban J connectivity index is 2.67. The van der Waals surface area contributed by atoms with Gasteiger partial charge in [0, 0.05) is 17.8 Å². The second-order valence-electron chi connectivity index (χ2n) is 3.54. The van der Waals surface area contributed by atoms with E-state index in [1.165, 1.54) is 18.3 Å². The fourth-order valence-electron chi connectivity index (χ4n) is 1.32. The Bertz CT molecular complexity index is 423. The third-order valence-electron chi connectivity index (χ3n) is 2.24. The highest BCUT2D eigenvalue weighted by atomic mass is 35.5. The summed E-state index contributed by atoms with van der Waals surface area (Å²) < 4.78 is 0. The van der Waals surface area contributed by atoms with Crippen LogP contribution < -0.4 is 5.32 Å². The molecule has 1 amide bonds. The zero-order chi connectivity index (χ0) is 12.8. The first kappa shape index (κ1) is 13.4. The molecule has 0 spiro atoms. The summed E-state index contributed by atoms with van der Waals surface area (Å²) >= 11 is 5.66. The number of nitrogens with one attached hydrogen (secondary N) is 1. The molecule has 6 heteroatoms. The molecule has 0 radical (unpaired) electrons. The molecule has 1 aromatic rings. The van der Waals surface area contributed by atoms with E-state index in [0.29, 0.717) is 12.0 Å². The van der Waals surface area contributed by atoms with Crippen molar-refractivity contribution in [3.63, 3.8) is 0 Å². The molecular formula is C11H13ClN2O3. The van der Waals surface area contributed by atoms with Crippen LogP contribution >= 0.6 is 11.6 Å². The normalized spacial score (nSPS) is 11.9. The average molecular weight is 257 g/mol. The number of aliphatic carboxylic acids is 1. The topological polar surface area (TPSA) is 79.3 Å². The number of hydrogen-bond donors (Lipinski definition) is 2. The molecule has 0 aliphatic heterocycles. The van der Waals surface area contributed by atoms with Crippen LogP contribution in [0.3, 0.4) is 0 Å². The lowest BCUT2D eigenvalue weighted by Gasteiger charge is -2.14. The van der Waals surface area contributed by atoms with E-state index in [4.69, 9.17) is 16.7 Å². The molecule has 0 aromatic carbocycles. The molecule has 92 valence electrons. The molecule has 1 aromatic heterocycles. The fraction of sp³-hybridized carbons (Fsp3) is 0.364. The number of halogens is 1. The number of rotatable bonds is 5. The van der Waals surface area contributed by atoms with Gasteiger partial charge in [-0.1, -0.05) is 18.5 Å². The predicted octanol–water partition coefficient (Wildman–Crippen LogP) is 1.72. The maximum absolute atomic E-state index is 11.8. The Morgan fingerprint density at radius 3 is 2.82 bits per heavy atom. The van der Waals surface area contributed by atoms with Gasteiger partial charge in [0.25, 0.3) is 5.91 Å². The minimum absolute atomic E-state index is 0.0962. The van der Waals surface area contributed by atoms with Crippen LogP contribution in [0.15, 0.2) is 18.3 Å². The average Bonchev–Trinajstić information content (AvgIpc) is 2.27. The van der Waals surface area contributed by atoms with Crippen LogP contribution in [-0.2, 0) is 4.79 Å². The first-order valence-corrected chi connectivity index (χ1v) is 5.55. The number of carbonyl (C=O) groups excluding carboxylic acids is 1. The number of hydrogen-bond acceptors (Lipinski definition) is 3. The van der Waals surface area contributed by atoms with Crippen LogP contribution in [0.1, 0.15) is 30.1 Å². The van der Waals surface area contributed by atoms with E-state index < -0.39 is 5.97 Å². The first-order valence-electron chi connectivity index (χ1n) is 5.17. The summed E-state index contributed by atoms with van der Waals surface area (Å²) in [5.74, 6) is -1.28. The lowest BCUT2D eigenvalue weighted by molar-refractivity contribution is -0.137. The summed E-state index contributed by atoms with van der Waals surface area (Å²) in [6.07, 6.45) is 1.88. The lowest BCUT2D eigenvalue weighted by atomic mass is 10.1. The Kier molecular flexibility index (Phi) is 4.90. The number of carbonyl (C=O) groups is 2. The van der Waals surface area contributed by atoms with Crippen LogP contribution in [0.4, 0.5) is 0 Å². The number of amides is 1. The molecule has 17 heavy (non-hydrogen) atoms. The van der Waals surface area contributed by atoms with E-state index in [9.17, 15) is 9.59 Å². The fourth-order valence-corrected chi connectivity index (χ4v) is 1.49. The summed E-state index contributed by atoms with van der Waals surface area (Å²) in [5, 5.41) is 11.5. The van der Waals surface area contributed by atoms with Gasteiger partial charge in [-0.2, -0.15) is 0 Å². The molecule has 2 N–H and O–H groups in total. The van der Waals surface area contributed by atoms with E-state index in [0.717, 1.165) is 0 Å². The molecule has 1 atom stereocenters. The summed E-state index contributed by atoms with van der Waals surface area (Å²) in [4.78, 5) is 26.1. The number of pyridine rings is 1. The van der Waals surface area contributed by atoms with Crippen molar-refractivity contribution in [2.24, 2.45) is 0 Å². The van der Waals surface area contributed by atoms with E-state index in [-0.39, 0.29) is 23.5 Å². The van der Waals surface area contributed by atoms with E-state index in [2.05, 4.69) is 10.3 Å². The number of carboxylic acids is 1. The maximum Gasteiger partial charge on any atom is 0.305 e. The van der Waals surface area contributed by atoms with Gasteiger partial charge in [-0.15, -0.1) is 0 Å². The summed E-state index contributed by atoms with van der Waals surface area (Å²) in [7, 11) is 0. The molecular weight excluding hydrogens is 244 g/mol. The van der Waals surface area contributed by atoms with Crippen molar-refractivity contribution in [2.75, 3.05) is 0 Å². The van der Waals surface area contributed by atoms with E-state index >= 15 is 0 Å². The minimum atomic E-state index is -0.940. The SMILES string of the molecule is CCC(CC(=O)O)NC(=O)c1ccnc(Cl)c1. The summed E-state index contributed by atoms with van der Waals surface area (Å²) in [5.41, 5.74) is 0.369. The molecule has 0 bridgehead atoms. The van der Waals surface area contributed by atoms with Crippen molar-refractivity contribution < 1.29 is 14.7 Å². The van der Waals surface area contributed by atoms with E-state index in [1.54, 1.807) is 0 Å². The van der Waals surface area contributed by atoms with Crippen molar-refractivity contribution in [3.8, 4) is 0 Å². The highest BCUT2D eigenvalue weighted by molar-refractivity contribution is 6.29. The standard InChI is InChI=1S/C11H13ClN2O3/c1-2-8(6-10(15)16)14-11(17)7-3-4-13-9(12)5-7/h3-5,8H,2,6H2,1H3,(H,14,17)(H,15,16). The monoisotopic (exact) mass is 256 g/mol. The first-order chi connectivity index (χ1) is 8.02. The van der Waals surface area contributed by atoms with Gasteiger partial charge in [0.1, 0.15) is 5.15 Å². The van der Waals surface area contributed by atoms with Crippen molar-refractivity contribution in [1.29, 1.82) is 0 Å². The van der Waals surface area contributed by atoms with Gasteiger partial charge >= 0.3 is 5.97 Å². The van der Waals surface area contributed by atoms with Crippen LogP contribution in [0.25, 0.3) is 0 Å². The van der Waals surface area contributed by atoms with Gasteiger partial charge in [0.2, 0.25) is 0 Å². The molecule has 1 heterocycles. The largest absolute Gasteiger partial charge is 0.481 e. The third kappa shape index (κ3) is 4.40. The van der Waals surface area contributed by atoms with Gasteiger partial charge < -0.3 is 10.4 Å². The minimum Gasteiger partial charge on any atom is -0.481 e. The van der Waals surface area contributed by atoms with Crippen molar-refractivity contribution >= 4 is 23.5 Å². The molecule has 1 rings (SSSR count). The Morgan fingerprint density at radius 1 is 1.59 bits per heavy atom. The quantitative estimate of drug-likeness (QED) is 0.786.